The minimum absolute atomic E-state index is 0.00450. The number of quaternary nitrogens is 1. The van der Waals surface area contributed by atoms with Crippen LogP contribution in [0.2, 0.25) is 0 Å². The van der Waals surface area contributed by atoms with E-state index in [0.29, 0.717) is 30.8 Å². The molecule has 9 heteroatoms. The number of carbonyl (C=O) groups is 1. The molecule has 0 radical (unpaired) electrons. The van der Waals surface area contributed by atoms with Gasteiger partial charge in [0.2, 0.25) is 0 Å². The van der Waals surface area contributed by atoms with E-state index < -0.39 is 11.9 Å². The Balaban J connectivity index is 1.30. The van der Waals surface area contributed by atoms with E-state index in [4.69, 9.17) is 0 Å². The van der Waals surface area contributed by atoms with Crippen molar-refractivity contribution in [3.63, 3.8) is 0 Å². The van der Waals surface area contributed by atoms with Gasteiger partial charge in [0.05, 0.1) is 31.9 Å². The molecular weight excluding hydrogens is 467 g/mol. The summed E-state index contributed by atoms with van der Waals surface area (Å²) in [5.74, 6) is -0.356. The lowest BCUT2D eigenvalue weighted by molar-refractivity contribution is -0.917. The van der Waals surface area contributed by atoms with Gasteiger partial charge < -0.3 is 9.80 Å². The molecule has 0 saturated carbocycles. The molecule has 6 nitrogen and oxygen atoms in total. The smallest absolute Gasteiger partial charge is 0.328 e. The minimum atomic E-state index is -4.63. The van der Waals surface area contributed by atoms with Gasteiger partial charge in [-0.05, 0) is 18.4 Å². The summed E-state index contributed by atoms with van der Waals surface area (Å²) in [5, 5.41) is 4.14. The van der Waals surface area contributed by atoms with Gasteiger partial charge in [-0.2, -0.15) is 18.3 Å². The number of aryl methyl sites for hydroxylation is 1. The Labute approximate surface area is 206 Å². The molecule has 1 N–H and O–H groups in total. The molecule has 0 atom stereocenters. The number of fused-ring (bicyclic) bond motifs is 4. The maximum absolute atomic E-state index is 14.3. The topological polar surface area (TPSA) is 54.9 Å². The summed E-state index contributed by atoms with van der Waals surface area (Å²) in [7, 11) is 0. The van der Waals surface area contributed by atoms with Crippen molar-refractivity contribution >= 4 is 11.6 Å². The van der Waals surface area contributed by atoms with Gasteiger partial charge in [-0.1, -0.05) is 54.6 Å². The summed E-state index contributed by atoms with van der Waals surface area (Å²) in [4.78, 5) is 20.9. The first-order valence-electron chi connectivity index (χ1n) is 12.1. The number of aromatic nitrogens is 3. The fourth-order valence-electron chi connectivity index (χ4n) is 5.37. The number of carbonyl (C=O) groups excluding carboxylic acids is 1. The minimum Gasteiger partial charge on any atom is -0.328 e. The second-order valence-corrected chi connectivity index (χ2v) is 9.45. The van der Waals surface area contributed by atoms with Crippen LogP contribution in [0.4, 0.5) is 13.2 Å². The van der Waals surface area contributed by atoms with E-state index in [2.05, 4.69) is 22.2 Å². The van der Waals surface area contributed by atoms with Gasteiger partial charge in [-0.15, -0.1) is 0 Å². The number of nitrogens with zero attached hydrogens (tertiary/aromatic N) is 4. The lowest BCUT2D eigenvalue weighted by Crippen LogP contribution is -3.13. The van der Waals surface area contributed by atoms with Crippen molar-refractivity contribution in [2.24, 2.45) is 0 Å². The highest BCUT2D eigenvalue weighted by Gasteiger charge is 2.40. The highest BCUT2D eigenvalue weighted by Crippen LogP contribution is 2.40. The summed E-state index contributed by atoms with van der Waals surface area (Å²) >= 11 is 0. The Bertz CT molecular complexity index is 1440. The third-order valence-electron chi connectivity index (χ3n) is 7.16. The molecule has 6 rings (SSSR count). The van der Waals surface area contributed by atoms with Crippen molar-refractivity contribution in [3.8, 4) is 11.3 Å². The molecule has 1 aliphatic heterocycles. The molecule has 184 valence electrons. The quantitative estimate of drug-likeness (QED) is 0.479. The lowest BCUT2D eigenvalue weighted by atomic mass is 9.88. The molecule has 2 aliphatic rings. The third-order valence-corrected chi connectivity index (χ3v) is 7.16. The molecule has 36 heavy (non-hydrogen) atoms. The lowest BCUT2D eigenvalue weighted by Gasteiger charge is -2.31. The van der Waals surface area contributed by atoms with Crippen molar-refractivity contribution in [1.82, 2.24) is 19.5 Å². The van der Waals surface area contributed by atoms with Crippen molar-refractivity contribution < 1.29 is 22.9 Å². The predicted octanol–water partition coefficient (Wildman–Crippen LogP) is 3.05. The normalized spacial score (nSPS) is 16.1. The highest BCUT2D eigenvalue weighted by atomic mass is 19.4. The highest BCUT2D eigenvalue weighted by molar-refractivity contribution is 5.93. The summed E-state index contributed by atoms with van der Waals surface area (Å²) in [6.07, 6.45) is -3.90. The number of benzene rings is 2. The van der Waals surface area contributed by atoms with Crippen LogP contribution in [0.5, 0.6) is 0 Å². The van der Waals surface area contributed by atoms with E-state index in [9.17, 15) is 18.0 Å². The maximum Gasteiger partial charge on any atom is 0.433 e. The van der Waals surface area contributed by atoms with Crippen molar-refractivity contribution in [1.29, 1.82) is 0 Å². The monoisotopic (exact) mass is 492 g/mol. The van der Waals surface area contributed by atoms with E-state index in [1.54, 1.807) is 17.0 Å². The Kier molecular flexibility index (Phi) is 5.52. The molecule has 1 aliphatic carbocycles. The third kappa shape index (κ3) is 4.03. The van der Waals surface area contributed by atoms with E-state index in [0.717, 1.165) is 29.7 Å². The van der Waals surface area contributed by atoms with Gasteiger partial charge in [-0.3, -0.25) is 4.79 Å². The number of hydrogen-bond acceptors (Lipinski definition) is 3. The maximum atomic E-state index is 14.3. The fourth-order valence-corrected chi connectivity index (χ4v) is 5.37. The second-order valence-electron chi connectivity index (χ2n) is 9.45. The van der Waals surface area contributed by atoms with Gasteiger partial charge in [0.1, 0.15) is 6.54 Å². The molecule has 4 aromatic rings. The number of nitrogens with one attached hydrogen (secondary N) is 1. The van der Waals surface area contributed by atoms with Crippen LogP contribution in [0.15, 0.2) is 60.7 Å². The average Bonchev–Trinajstić information content (AvgIpc) is 3.30. The van der Waals surface area contributed by atoms with Crippen LogP contribution in [-0.2, 0) is 25.6 Å². The average molecular weight is 493 g/mol. The Morgan fingerprint density at radius 3 is 2.44 bits per heavy atom. The molecular formula is C27H25F3N5O+. The van der Waals surface area contributed by atoms with E-state index >= 15 is 0 Å². The molecule has 0 bridgehead atoms. The molecule has 1 amide bonds. The molecule has 0 spiro atoms. The van der Waals surface area contributed by atoms with Crippen molar-refractivity contribution in [3.05, 3.63) is 88.7 Å². The molecule has 2 aromatic heterocycles. The largest absolute Gasteiger partial charge is 0.433 e. The zero-order valence-electron chi connectivity index (χ0n) is 19.6. The standard InChI is InChI=1S/C27H24F3N5O/c28-27(29,30)25-21-11-10-19-8-4-5-9-20(19)24(21)31-23-16-22(32-35(23)25)26(36)34-14-12-33(13-15-34)17-18-6-2-1-3-7-18/h1-9,16H,10-15,17H2/p+1. The van der Waals surface area contributed by atoms with Crippen LogP contribution in [0.1, 0.15) is 32.9 Å². The molecule has 3 heterocycles. The summed E-state index contributed by atoms with van der Waals surface area (Å²) in [5.41, 5.74) is 2.57. The zero-order valence-corrected chi connectivity index (χ0v) is 19.6. The molecule has 1 fully saturated rings. The van der Waals surface area contributed by atoms with Gasteiger partial charge in [0.15, 0.2) is 17.0 Å². The number of hydrogen-bond donors (Lipinski definition) is 1. The Morgan fingerprint density at radius 2 is 1.69 bits per heavy atom. The number of amides is 1. The Hall–Kier alpha value is -3.72. The molecule has 2 aromatic carbocycles. The van der Waals surface area contributed by atoms with E-state index in [1.807, 2.05) is 30.3 Å². The predicted molar refractivity (Wildman–Crippen MR) is 128 cm³/mol. The summed E-state index contributed by atoms with van der Waals surface area (Å²) in [6.45, 7) is 3.47. The number of piperazine rings is 1. The first-order chi connectivity index (χ1) is 17.4. The van der Waals surface area contributed by atoms with Crippen LogP contribution in [0, 0.1) is 0 Å². The molecule has 1 saturated heterocycles. The Morgan fingerprint density at radius 1 is 0.972 bits per heavy atom. The van der Waals surface area contributed by atoms with E-state index in [-0.39, 0.29) is 29.2 Å². The van der Waals surface area contributed by atoms with Crippen LogP contribution in [0.25, 0.3) is 16.9 Å². The zero-order chi connectivity index (χ0) is 24.9. The van der Waals surface area contributed by atoms with Crippen LogP contribution >= 0.6 is 0 Å². The van der Waals surface area contributed by atoms with Crippen LogP contribution in [-0.4, -0.2) is 51.6 Å². The first kappa shape index (κ1) is 22.7. The number of alkyl halides is 3. The fraction of sp³-hybridized carbons (Fsp3) is 0.296. The number of rotatable bonds is 3. The van der Waals surface area contributed by atoms with Gasteiger partial charge in [-0.25, -0.2) is 9.50 Å². The SMILES string of the molecule is O=C(c1cc2nc3c(c(C(F)(F)F)n2n1)CCc1ccccc1-3)N1CC[NH+](Cc2ccccc2)CC1. The molecule has 0 unspecified atom stereocenters. The first-order valence-corrected chi connectivity index (χ1v) is 12.1. The number of halogens is 3. The van der Waals surface area contributed by atoms with E-state index in [1.165, 1.54) is 16.5 Å². The van der Waals surface area contributed by atoms with Crippen LogP contribution < -0.4 is 4.90 Å². The second kappa shape index (κ2) is 8.74. The summed E-state index contributed by atoms with van der Waals surface area (Å²) in [6, 6.07) is 19.0. The van der Waals surface area contributed by atoms with Gasteiger partial charge in [0, 0.05) is 22.8 Å². The van der Waals surface area contributed by atoms with Crippen molar-refractivity contribution in [2.45, 2.75) is 25.6 Å². The van der Waals surface area contributed by atoms with Crippen molar-refractivity contribution in [2.75, 3.05) is 26.2 Å². The summed E-state index contributed by atoms with van der Waals surface area (Å²) < 4.78 is 43.7. The van der Waals surface area contributed by atoms with Gasteiger partial charge >= 0.3 is 6.18 Å². The van der Waals surface area contributed by atoms with Gasteiger partial charge in [0.25, 0.3) is 5.91 Å². The van der Waals surface area contributed by atoms with Crippen LogP contribution in [0.3, 0.4) is 0 Å².